The molecule has 124 valence electrons. The molecule has 0 fully saturated rings. The van der Waals surface area contributed by atoms with Gasteiger partial charge in [-0.05, 0) is 26.7 Å². The monoisotopic (exact) mass is 313 g/mol. The minimum atomic E-state index is -0.963. The van der Waals surface area contributed by atoms with Gasteiger partial charge in [-0.1, -0.05) is 6.92 Å². The quantitative estimate of drug-likeness (QED) is 0.273. The van der Waals surface area contributed by atoms with E-state index in [1.165, 1.54) is 7.11 Å². The summed E-state index contributed by atoms with van der Waals surface area (Å²) in [7, 11) is 1.40. The highest BCUT2D eigenvalue weighted by Crippen LogP contribution is 2.05. The number of Topliss-reactive ketones (excluding diaryl/α,β-unsaturated/α-hetero) is 1. The molecule has 0 aromatic carbocycles. The van der Waals surface area contributed by atoms with Gasteiger partial charge in [0.05, 0.1) is 6.10 Å². The molecular weight excluding hydrogens is 290 g/mol. The summed E-state index contributed by atoms with van der Waals surface area (Å²) in [6, 6.07) is -0.963. The van der Waals surface area contributed by atoms with Crippen LogP contribution in [0.2, 0.25) is 0 Å². The Bertz CT molecular complexity index is 440. The Labute approximate surface area is 129 Å². The van der Waals surface area contributed by atoms with Crippen LogP contribution in [0, 0.1) is 0 Å². The molecule has 0 saturated heterocycles. The van der Waals surface area contributed by atoms with Crippen molar-refractivity contribution >= 4 is 23.9 Å². The SMILES string of the molecule is CC[C@H](OC)C(=O)N[C@@H](CCC(=O)C=[N+]=[N-])C(=O)OC(C)C. The first-order valence-corrected chi connectivity index (χ1v) is 7.09. The van der Waals surface area contributed by atoms with E-state index >= 15 is 0 Å². The van der Waals surface area contributed by atoms with Gasteiger partial charge in [-0.25, -0.2) is 4.79 Å². The van der Waals surface area contributed by atoms with Crippen LogP contribution in [0.5, 0.6) is 0 Å². The van der Waals surface area contributed by atoms with Gasteiger partial charge in [0.15, 0.2) is 0 Å². The fourth-order valence-electron chi connectivity index (χ4n) is 1.70. The Kier molecular flexibility index (Phi) is 9.65. The van der Waals surface area contributed by atoms with Gasteiger partial charge >= 0.3 is 12.2 Å². The average Bonchev–Trinajstić information content (AvgIpc) is 2.44. The molecule has 8 heteroatoms. The number of hydrogen-bond acceptors (Lipinski definition) is 5. The first kappa shape index (κ1) is 19.9. The minimum Gasteiger partial charge on any atom is -0.461 e. The van der Waals surface area contributed by atoms with Gasteiger partial charge < -0.3 is 20.3 Å². The van der Waals surface area contributed by atoms with E-state index in [9.17, 15) is 14.4 Å². The lowest BCUT2D eigenvalue weighted by molar-refractivity contribution is -0.152. The third-order valence-corrected chi connectivity index (χ3v) is 2.78. The number of nitrogens with zero attached hydrogens (tertiary/aromatic N) is 2. The highest BCUT2D eigenvalue weighted by atomic mass is 16.5. The van der Waals surface area contributed by atoms with Crippen LogP contribution in [-0.2, 0) is 23.9 Å². The first-order chi connectivity index (χ1) is 10.3. The first-order valence-electron chi connectivity index (χ1n) is 7.09. The highest BCUT2D eigenvalue weighted by molar-refractivity contribution is 6.25. The van der Waals surface area contributed by atoms with Crippen molar-refractivity contribution in [3.8, 4) is 0 Å². The second-order valence-corrected chi connectivity index (χ2v) is 4.93. The topological polar surface area (TPSA) is 118 Å². The molecular formula is C14H23N3O5. The van der Waals surface area contributed by atoms with Crippen molar-refractivity contribution in [1.82, 2.24) is 5.32 Å². The van der Waals surface area contributed by atoms with Crippen LogP contribution in [0.4, 0.5) is 0 Å². The molecule has 1 amide bonds. The number of rotatable bonds is 10. The lowest BCUT2D eigenvalue weighted by atomic mass is 10.1. The van der Waals surface area contributed by atoms with Crippen molar-refractivity contribution < 1.29 is 28.6 Å². The van der Waals surface area contributed by atoms with Crippen LogP contribution in [-0.4, -0.2) is 54.0 Å². The largest absolute Gasteiger partial charge is 0.461 e. The Balaban J connectivity index is 4.84. The van der Waals surface area contributed by atoms with Crippen LogP contribution in [0.3, 0.4) is 0 Å². The van der Waals surface area contributed by atoms with Gasteiger partial charge in [0.2, 0.25) is 11.7 Å². The minimum absolute atomic E-state index is 0.0439. The van der Waals surface area contributed by atoms with Crippen molar-refractivity contribution in [2.45, 2.75) is 58.3 Å². The summed E-state index contributed by atoms with van der Waals surface area (Å²) in [6.07, 6.45) is 0.157. The zero-order valence-corrected chi connectivity index (χ0v) is 13.4. The third-order valence-electron chi connectivity index (χ3n) is 2.78. The molecule has 0 aliphatic rings. The maximum absolute atomic E-state index is 12.0. The Morgan fingerprint density at radius 2 is 1.95 bits per heavy atom. The van der Waals surface area contributed by atoms with E-state index in [1.807, 2.05) is 0 Å². The van der Waals surface area contributed by atoms with Gasteiger partial charge in [-0.15, -0.1) is 0 Å². The fourth-order valence-corrected chi connectivity index (χ4v) is 1.70. The molecule has 0 aliphatic heterocycles. The molecule has 0 spiro atoms. The van der Waals surface area contributed by atoms with E-state index in [4.69, 9.17) is 15.0 Å². The number of amides is 1. The van der Waals surface area contributed by atoms with Crippen molar-refractivity contribution in [3.63, 3.8) is 0 Å². The number of nitrogens with one attached hydrogen (secondary N) is 1. The molecule has 2 atom stereocenters. The van der Waals surface area contributed by atoms with Gasteiger partial charge in [0.25, 0.3) is 0 Å². The van der Waals surface area contributed by atoms with E-state index in [0.29, 0.717) is 6.42 Å². The molecule has 22 heavy (non-hydrogen) atoms. The van der Waals surface area contributed by atoms with E-state index in [-0.39, 0.29) is 18.9 Å². The standard InChI is InChI=1S/C14H23N3O5/c1-5-12(21-4)13(19)17-11(14(20)22-9(2)3)7-6-10(18)8-16-15/h8-9,11-12H,5-7H2,1-4H3,(H,17,19)/t11-,12-/m0/s1. The number of hydrogen-bond donors (Lipinski definition) is 1. The zero-order valence-electron chi connectivity index (χ0n) is 13.4. The zero-order chi connectivity index (χ0) is 17.1. The van der Waals surface area contributed by atoms with Crippen molar-refractivity contribution in [3.05, 3.63) is 5.53 Å². The molecule has 0 aromatic rings. The molecule has 0 saturated carbocycles. The normalized spacial score (nSPS) is 13.0. The summed E-state index contributed by atoms with van der Waals surface area (Å²) in [5, 5.41) is 2.52. The lowest BCUT2D eigenvalue weighted by Gasteiger charge is -2.21. The van der Waals surface area contributed by atoms with E-state index in [1.54, 1.807) is 20.8 Å². The molecule has 0 aliphatic carbocycles. The van der Waals surface area contributed by atoms with E-state index in [2.05, 4.69) is 10.1 Å². The van der Waals surface area contributed by atoms with Crippen LogP contribution in [0.15, 0.2) is 0 Å². The molecule has 8 nitrogen and oxygen atoms in total. The lowest BCUT2D eigenvalue weighted by Crippen LogP contribution is -2.47. The molecule has 0 radical (unpaired) electrons. The Morgan fingerprint density at radius 1 is 1.32 bits per heavy atom. The summed E-state index contributed by atoms with van der Waals surface area (Å²) < 4.78 is 10.1. The Morgan fingerprint density at radius 3 is 2.41 bits per heavy atom. The number of ketones is 1. The van der Waals surface area contributed by atoms with Crippen LogP contribution in [0.1, 0.15) is 40.0 Å². The second kappa shape index (κ2) is 10.6. The van der Waals surface area contributed by atoms with Crippen molar-refractivity contribution in [1.29, 1.82) is 0 Å². The summed E-state index contributed by atoms with van der Waals surface area (Å²) in [6.45, 7) is 5.14. The van der Waals surface area contributed by atoms with Gasteiger partial charge in [-0.3, -0.25) is 9.59 Å². The third kappa shape index (κ3) is 7.66. The maximum atomic E-state index is 12.0. The number of methoxy groups -OCH3 is 1. The molecule has 0 heterocycles. The van der Waals surface area contributed by atoms with Gasteiger partial charge in [-0.2, -0.15) is 4.79 Å². The maximum Gasteiger partial charge on any atom is 0.328 e. The summed E-state index contributed by atoms with van der Waals surface area (Å²) in [5.41, 5.74) is 8.28. The summed E-state index contributed by atoms with van der Waals surface area (Å²) >= 11 is 0. The number of esters is 1. The molecule has 0 rings (SSSR count). The number of carbonyl (C=O) groups excluding carboxylic acids is 3. The predicted molar refractivity (Wildman–Crippen MR) is 78.2 cm³/mol. The van der Waals surface area contributed by atoms with Crippen LogP contribution >= 0.6 is 0 Å². The van der Waals surface area contributed by atoms with Gasteiger partial charge in [0.1, 0.15) is 12.1 Å². The molecule has 1 N–H and O–H groups in total. The Hall–Kier alpha value is -2.05. The average molecular weight is 313 g/mol. The summed E-state index contributed by atoms with van der Waals surface area (Å²) in [5.74, 6) is -1.53. The highest BCUT2D eigenvalue weighted by Gasteiger charge is 2.27. The molecule has 0 aromatic heterocycles. The van der Waals surface area contributed by atoms with Crippen molar-refractivity contribution in [2.75, 3.05) is 7.11 Å². The van der Waals surface area contributed by atoms with Gasteiger partial charge in [0, 0.05) is 13.5 Å². The number of carbonyl (C=O) groups is 3. The molecule has 0 unspecified atom stereocenters. The number of ether oxygens (including phenoxy) is 2. The summed E-state index contributed by atoms with van der Waals surface area (Å²) in [4.78, 5) is 37.9. The fraction of sp³-hybridized carbons (Fsp3) is 0.714. The van der Waals surface area contributed by atoms with Crippen LogP contribution in [0.25, 0.3) is 5.53 Å². The van der Waals surface area contributed by atoms with Crippen LogP contribution < -0.4 is 5.32 Å². The molecule has 0 bridgehead atoms. The van der Waals surface area contributed by atoms with Crippen molar-refractivity contribution in [2.24, 2.45) is 0 Å². The predicted octanol–water partition coefficient (Wildman–Crippen LogP) is 0.498. The van der Waals surface area contributed by atoms with E-state index in [0.717, 1.165) is 6.21 Å². The smallest absolute Gasteiger partial charge is 0.328 e. The second-order valence-electron chi connectivity index (χ2n) is 4.93. The van der Waals surface area contributed by atoms with E-state index < -0.39 is 29.8 Å².